The molecule has 2 aliphatic rings. The number of ether oxygens (including phenoxy) is 1. The van der Waals surface area contributed by atoms with E-state index in [0.717, 1.165) is 31.2 Å². The zero-order valence-electron chi connectivity index (χ0n) is 18.6. The van der Waals surface area contributed by atoms with Crippen molar-refractivity contribution in [2.45, 2.75) is 43.9 Å². The molecule has 0 unspecified atom stereocenters. The number of anilines is 1. The summed E-state index contributed by atoms with van der Waals surface area (Å²) in [5.41, 5.74) is 1.13. The van der Waals surface area contributed by atoms with Crippen LogP contribution >= 0.6 is 27.5 Å². The molecule has 2 bridgehead atoms. The first-order valence-electron chi connectivity index (χ1n) is 11.2. The molecule has 5 nitrogen and oxygen atoms in total. The molecule has 1 aromatic heterocycles. The van der Waals surface area contributed by atoms with Gasteiger partial charge in [0.1, 0.15) is 17.1 Å². The van der Waals surface area contributed by atoms with Gasteiger partial charge in [-0.3, -0.25) is 4.90 Å². The summed E-state index contributed by atoms with van der Waals surface area (Å²) in [7, 11) is 1.66. The highest BCUT2D eigenvalue weighted by Crippen LogP contribution is 2.43. The fourth-order valence-electron chi connectivity index (χ4n) is 5.40. The van der Waals surface area contributed by atoms with Crippen LogP contribution in [0.25, 0.3) is 10.9 Å². The quantitative estimate of drug-likeness (QED) is 0.210. The lowest BCUT2D eigenvalue weighted by Gasteiger charge is -2.47. The van der Waals surface area contributed by atoms with Gasteiger partial charge in [-0.1, -0.05) is 29.8 Å². The van der Waals surface area contributed by atoms with Gasteiger partial charge in [-0.25, -0.2) is 4.39 Å². The van der Waals surface area contributed by atoms with Crippen LogP contribution in [-0.4, -0.2) is 46.6 Å². The normalized spacial score (nSPS) is 22.4. The second-order valence-electron chi connectivity index (χ2n) is 8.76. The monoisotopic (exact) mass is 548 g/mol. The van der Waals surface area contributed by atoms with E-state index in [9.17, 15) is 8.78 Å². The van der Waals surface area contributed by atoms with Crippen molar-refractivity contribution >= 4 is 44.3 Å². The summed E-state index contributed by atoms with van der Waals surface area (Å²) in [4.78, 5) is 12.5. The average Bonchev–Trinajstić information content (AvgIpc) is 3.11. The Labute approximate surface area is 210 Å². The zero-order chi connectivity index (χ0) is 24.0. The van der Waals surface area contributed by atoms with Gasteiger partial charge in [0.25, 0.3) is 0 Å². The number of benzene rings is 2. The second kappa shape index (κ2) is 9.40. The van der Waals surface area contributed by atoms with Crippen LogP contribution in [0.1, 0.15) is 24.8 Å². The van der Waals surface area contributed by atoms with E-state index < -0.39 is 11.9 Å². The summed E-state index contributed by atoms with van der Waals surface area (Å²) in [6, 6.07) is 9.73. The van der Waals surface area contributed by atoms with Crippen LogP contribution in [0.15, 0.2) is 47.5 Å². The fourth-order valence-corrected chi connectivity index (χ4v) is 6.07. The first kappa shape index (κ1) is 23.5. The van der Waals surface area contributed by atoms with Crippen LogP contribution < -0.4 is 9.64 Å². The van der Waals surface area contributed by atoms with Gasteiger partial charge in [0.15, 0.2) is 5.82 Å². The highest BCUT2D eigenvalue weighted by molar-refractivity contribution is 9.10. The predicted octanol–water partition coefficient (Wildman–Crippen LogP) is 6.13. The van der Waals surface area contributed by atoms with Gasteiger partial charge in [-0.15, -0.1) is 6.58 Å². The summed E-state index contributed by atoms with van der Waals surface area (Å²) in [5.74, 6) is 0.519. The van der Waals surface area contributed by atoms with Gasteiger partial charge in [-0.05, 0) is 59.0 Å². The van der Waals surface area contributed by atoms with Crippen LogP contribution in [0.5, 0.6) is 5.75 Å². The van der Waals surface area contributed by atoms with Crippen LogP contribution in [-0.2, 0) is 6.54 Å². The molecular weight excluding hydrogens is 526 g/mol. The molecule has 3 heterocycles. The van der Waals surface area contributed by atoms with Crippen molar-refractivity contribution in [3.05, 3.63) is 69.9 Å². The topological polar surface area (TPSA) is 41.5 Å². The molecule has 9 heteroatoms. The summed E-state index contributed by atoms with van der Waals surface area (Å²) in [6.07, 6.45) is 3.64. The molecule has 0 N–H and O–H groups in total. The van der Waals surface area contributed by atoms with Gasteiger partial charge in [0.05, 0.1) is 17.5 Å². The summed E-state index contributed by atoms with van der Waals surface area (Å²) < 4.78 is 35.0. The minimum absolute atomic E-state index is 0.000871. The fraction of sp³-hybridized carbons (Fsp3) is 0.360. The Kier molecular flexibility index (Phi) is 6.48. The van der Waals surface area contributed by atoms with Crippen molar-refractivity contribution in [2.75, 3.05) is 18.6 Å². The lowest BCUT2D eigenvalue weighted by atomic mass is 9.98. The molecule has 2 saturated heterocycles. The standard InChI is InChI=1S/C25H24BrClF2N4O/c1-3-4-19-20-10-7-15(32(20)12-14-5-8-16(34-2)9-6-14)13-33(19)24-21-22(26)17(27)11-18(28)23(21)30-25(29)31-24/h3,5-6,8-9,11,15,19-20H,1,4,7,10,12-13H2,2H3/t15-,19-,20+/m1/s1. The average molecular weight is 550 g/mol. The Bertz CT molecular complexity index is 1240. The molecule has 0 radical (unpaired) electrons. The van der Waals surface area contributed by atoms with Gasteiger partial charge in [-0.2, -0.15) is 14.4 Å². The minimum atomic E-state index is -0.957. The van der Waals surface area contributed by atoms with E-state index >= 15 is 0 Å². The molecule has 3 atom stereocenters. The number of piperazine rings is 1. The number of hydrogen-bond acceptors (Lipinski definition) is 5. The molecule has 0 aliphatic carbocycles. The molecule has 34 heavy (non-hydrogen) atoms. The van der Waals surface area contributed by atoms with Crippen LogP contribution in [0.3, 0.4) is 0 Å². The molecule has 0 saturated carbocycles. The van der Waals surface area contributed by atoms with E-state index in [1.807, 2.05) is 18.2 Å². The maximum Gasteiger partial charge on any atom is 0.311 e. The number of methoxy groups -OCH3 is 1. The third kappa shape index (κ3) is 4.06. The maximum atomic E-state index is 14.7. The number of rotatable bonds is 6. The first-order chi connectivity index (χ1) is 16.4. The highest BCUT2D eigenvalue weighted by atomic mass is 79.9. The molecule has 178 valence electrons. The van der Waals surface area contributed by atoms with Crippen LogP contribution in [0.2, 0.25) is 5.02 Å². The molecule has 2 aromatic carbocycles. The van der Waals surface area contributed by atoms with Crippen molar-refractivity contribution in [2.24, 2.45) is 0 Å². The molecule has 2 aliphatic heterocycles. The van der Waals surface area contributed by atoms with E-state index in [1.54, 1.807) is 7.11 Å². The largest absolute Gasteiger partial charge is 0.497 e. The maximum absolute atomic E-state index is 14.7. The zero-order valence-corrected chi connectivity index (χ0v) is 21.0. The highest BCUT2D eigenvalue weighted by Gasteiger charge is 2.46. The summed E-state index contributed by atoms with van der Waals surface area (Å²) in [5, 5.41) is 0.589. The van der Waals surface area contributed by atoms with Crippen LogP contribution in [0.4, 0.5) is 14.6 Å². The van der Waals surface area contributed by atoms with Gasteiger partial charge in [0, 0.05) is 35.7 Å². The van der Waals surface area contributed by atoms with E-state index in [2.05, 4.69) is 54.4 Å². The second-order valence-corrected chi connectivity index (χ2v) is 9.96. The van der Waals surface area contributed by atoms with Crippen molar-refractivity contribution in [1.82, 2.24) is 14.9 Å². The lowest BCUT2D eigenvalue weighted by Crippen LogP contribution is -2.59. The Morgan fingerprint density at radius 3 is 2.71 bits per heavy atom. The number of fused-ring (bicyclic) bond motifs is 3. The van der Waals surface area contributed by atoms with Crippen molar-refractivity contribution in [3.63, 3.8) is 0 Å². The van der Waals surface area contributed by atoms with Gasteiger partial charge in [0.2, 0.25) is 0 Å². The van der Waals surface area contributed by atoms with Crippen molar-refractivity contribution < 1.29 is 13.5 Å². The number of hydrogen-bond donors (Lipinski definition) is 0. The minimum Gasteiger partial charge on any atom is -0.497 e. The van der Waals surface area contributed by atoms with Gasteiger partial charge < -0.3 is 9.64 Å². The lowest BCUT2D eigenvalue weighted by molar-refractivity contribution is 0.128. The predicted molar refractivity (Wildman–Crippen MR) is 133 cm³/mol. The Morgan fingerprint density at radius 1 is 1.24 bits per heavy atom. The molecular formula is C25H24BrClF2N4O. The number of aromatic nitrogens is 2. The van der Waals surface area contributed by atoms with Crippen molar-refractivity contribution in [3.8, 4) is 5.75 Å². The van der Waals surface area contributed by atoms with Gasteiger partial charge >= 0.3 is 6.08 Å². The summed E-state index contributed by atoms with van der Waals surface area (Å²) >= 11 is 9.72. The van der Waals surface area contributed by atoms with E-state index in [4.69, 9.17) is 16.3 Å². The third-order valence-corrected chi connectivity index (χ3v) is 8.27. The first-order valence-corrected chi connectivity index (χ1v) is 12.3. The van der Waals surface area contributed by atoms with E-state index in [1.165, 1.54) is 5.56 Å². The molecule has 0 amide bonds. The van der Waals surface area contributed by atoms with Crippen LogP contribution in [0, 0.1) is 11.9 Å². The smallest absolute Gasteiger partial charge is 0.311 e. The molecule has 5 rings (SSSR count). The van der Waals surface area contributed by atoms with E-state index in [0.29, 0.717) is 28.6 Å². The number of halogens is 4. The molecule has 0 spiro atoms. The van der Waals surface area contributed by atoms with Crippen molar-refractivity contribution in [1.29, 1.82) is 0 Å². The number of nitrogens with zero attached hydrogens (tertiary/aromatic N) is 4. The molecule has 3 aromatic rings. The third-order valence-electron chi connectivity index (χ3n) is 6.92. The van der Waals surface area contributed by atoms with E-state index in [-0.39, 0.29) is 28.7 Å². The molecule has 2 fully saturated rings. The SMILES string of the molecule is C=CC[C@@H]1[C@@H]2CC[C@H](CN1c1nc(F)nc3c(F)cc(Cl)c(Br)c13)N2Cc1ccc(OC)cc1. The summed E-state index contributed by atoms with van der Waals surface area (Å²) in [6.45, 7) is 5.41. The Morgan fingerprint density at radius 2 is 2.00 bits per heavy atom. The Balaban J connectivity index is 1.54. The Hall–Kier alpha value is -2.29.